The monoisotopic (exact) mass is 317 g/mol. The molecular formula is C17H24FN5. The van der Waals surface area contributed by atoms with Crippen LogP contribution in [0.25, 0.3) is 5.69 Å². The maximum absolute atomic E-state index is 12.9. The van der Waals surface area contributed by atoms with Crippen molar-refractivity contribution in [2.24, 2.45) is 4.99 Å². The molecule has 1 aromatic carbocycles. The quantitative estimate of drug-likeness (QED) is 0.636. The van der Waals surface area contributed by atoms with Crippen molar-refractivity contribution in [2.45, 2.75) is 33.2 Å². The molecule has 0 spiro atoms. The Morgan fingerprint density at radius 1 is 1.26 bits per heavy atom. The second-order valence-electron chi connectivity index (χ2n) is 5.54. The molecule has 0 unspecified atom stereocenters. The highest BCUT2D eigenvalue weighted by Gasteiger charge is 2.03. The zero-order chi connectivity index (χ0) is 16.7. The highest BCUT2D eigenvalue weighted by atomic mass is 19.1. The van der Waals surface area contributed by atoms with E-state index in [1.807, 2.05) is 19.2 Å². The van der Waals surface area contributed by atoms with Crippen LogP contribution in [0.5, 0.6) is 0 Å². The lowest BCUT2D eigenvalue weighted by Gasteiger charge is -2.13. The van der Waals surface area contributed by atoms with E-state index in [9.17, 15) is 4.39 Å². The van der Waals surface area contributed by atoms with Crippen LogP contribution in [0.3, 0.4) is 0 Å². The number of rotatable bonds is 6. The summed E-state index contributed by atoms with van der Waals surface area (Å²) in [5, 5.41) is 11.0. The van der Waals surface area contributed by atoms with Crippen LogP contribution < -0.4 is 10.6 Å². The Balaban J connectivity index is 1.94. The lowest BCUT2D eigenvalue weighted by molar-refractivity contribution is 0.627. The predicted molar refractivity (Wildman–Crippen MR) is 91.5 cm³/mol. The molecule has 1 aromatic heterocycles. The normalized spacial score (nSPS) is 11.8. The zero-order valence-electron chi connectivity index (χ0n) is 13.9. The highest BCUT2D eigenvalue weighted by molar-refractivity contribution is 5.79. The summed E-state index contributed by atoms with van der Waals surface area (Å²) in [4.78, 5) is 4.54. The molecule has 6 heteroatoms. The molecule has 0 saturated heterocycles. The van der Waals surface area contributed by atoms with Gasteiger partial charge in [0.05, 0.1) is 11.4 Å². The minimum Gasteiger partial charge on any atom is -0.357 e. The fourth-order valence-corrected chi connectivity index (χ4v) is 2.11. The topological polar surface area (TPSA) is 54.2 Å². The van der Waals surface area contributed by atoms with Gasteiger partial charge in [-0.05, 0) is 51.1 Å². The van der Waals surface area contributed by atoms with Crippen molar-refractivity contribution in [3.05, 3.63) is 48.0 Å². The van der Waals surface area contributed by atoms with Gasteiger partial charge >= 0.3 is 0 Å². The molecule has 1 heterocycles. The second kappa shape index (κ2) is 8.31. The van der Waals surface area contributed by atoms with Crippen LogP contribution in [0.4, 0.5) is 4.39 Å². The first-order chi connectivity index (χ1) is 11.1. The number of aliphatic imine (C=N–C) groups is 1. The number of halogens is 1. The van der Waals surface area contributed by atoms with Crippen LogP contribution >= 0.6 is 0 Å². The van der Waals surface area contributed by atoms with Gasteiger partial charge < -0.3 is 10.6 Å². The largest absolute Gasteiger partial charge is 0.357 e. The SMILES string of the molecule is CCNC(=NCCc1ccn(-c2ccc(F)cc2)n1)NC(C)C. The van der Waals surface area contributed by atoms with Gasteiger partial charge in [0.25, 0.3) is 0 Å². The van der Waals surface area contributed by atoms with E-state index in [2.05, 4.69) is 34.6 Å². The molecule has 0 saturated carbocycles. The number of nitrogens with zero attached hydrogens (tertiary/aromatic N) is 3. The maximum Gasteiger partial charge on any atom is 0.191 e. The molecular weight excluding hydrogens is 293 g/mol. The Morgan fingerprint density at radius 3 is 2.65 bits per heavy atom. The standard InChI is InChI=1S/C17H24FN5/c1-4-19-17(21-13(2)3)20-11-9-15-10-12-23(22-15)16-7-5-14(18)6-8-16/h5-8,10,12-13H,4,9,11H2,1-3H3,(H2,19,20,21). The Bertz CT molecular complexity index is 631. The minimum absolute atomic E-state index is 0.246. The van der Waals surface area contributed by atoms with Gasteiger partial charge in [-0.2, -0.15) is 5.10 Å². The summed E-state index contributed by atoms with van der Waals surface area (Å²) in [5.41, 5.74) is 1.80. The summed E-state index contributed by atoms with van der Waals surface area (Å²) >= 11 is 0. The first kappa shape index (κ1) is 17.0. The van der Waals surface area contributed by atoms with Crippen molar-refractivity contribution < 1.29 is 4.39 Å². The first-order valence-electron chi connectivity index (χ1n) is 7.94. The Hall–Kier alpha value is -2.37. The van der Waals surface area contributed by atoms with E-state index in [1.54, 1.807) is 16.8 Å². The van der Waals surface area contributed by atoms with Crippen LogP contribution in [-0.2, 0) is 6.42 Å². The number of nitrogens with one attached hydrogen (secondary N) is 2. The van der Waals surface area contributed by atoms with Gasteiger partial charge in [0.1, 0.15) is 5.82 Å². The average molecular weight is 317 g/mol. The van der Waals surface area contributed by atoms with E-state index < -0.39 is 0 Å². The van der Waals surface area contributed by atoms with Gasteiger partial charge in [0, 0.05) is 31.7 Å². The van der Waals surface area contributed by atoms with E-state index in [0.717, 1.165) is 30.3 Å². The summed E-state index contributed by atoms with van der Waals surface area (Å²) in [6.07, 6.45) is 2.63. The van der Waals surface area contributed by atoms with Gasteiger partial charge in [-0.15, -0.1) is 0 Å². The molecule has 0 aliphatic heterocycles. The molecule has 124 valence electrons. The van der Waals surface area contributed by atoms with Crippen molar-refractivity contribution in [3.63, 3.8) is 0 Å². The van der Waals surface area contributed by atoms with Gasteiger partial charge in [-0.25, -0.2) is 9.07 Å². The van der Waals surface area contributed by atoms with Crippen molar-refractivity contribution >= 4 is 5.96 Å². The van der Waals surface area contributed by atoms with E-state index in [1.165, 1.54) is 12.1 Å². The predicted octanol–water partition coefficient (Wildman–Crippen LogP) is 2.52. The smallest absolute Gasteiger partial charge is 0.191 e. The van der Waals surface area contributed by atoms with Gasteiger partial charge in [-0.3, -0.25) is 4.99 Å². The number of benzene rings is 1. The molecule has 0 aliphatic carbocycles. The second-order valence-corrected chi connectivity index (χ2v) is 5.54. The number of hydrogen-bond acceptors (Lipinski definition) is 2. The third-order valence-corrected chi connectivity index (χ3v) is 3.14. The molecule has 0 fully saturated rings. The van der Waals surface area contributed by atoms with E-state index in [4.69, 9.17) is 0 Å². The van der Waals surface area contributed by atoms with Crippen LogP contribution in [-0.4, -0.2) is 34.9 Å². The van der Waals surface area contributed by atoms with Crippen LogP contribution in [0, 0.1) is 5.82 Å². The van der Waals surface area contributed by atoms with Gasteiger partial charge in [0.15, 0.2) is 5.96 Å². The molecule has 0 aliphatic rings. The Kier molecular flexibility index (Phi) is 6.14. The summed E-state index contributed by atoms with van der Waals surface area (Å²) in [5.74, 6) is 0.574. The van der Waals surface area contributed by atoms with Crippen molar-refractivity contribution in [1.29, 1.82) is 0 Å². The fourth-order valence-electron chi connectivity index (χ4n) is 2.11. The summed E-state index contributed by atoms with van der Waals surface area (Å²) in [6.45, 7) is 7.69. The van der Waals surface area contributed by atoms with Crippen LogP contribution in [0.2, 0.25) is 0 Å². The van der Waals surface area contributed by atoms with Crippen LogP contribution in [0.15, 0.2) is 41.5 Å². The molecule has 23 heavy (non-hydrogen) atoms. The molecule has 0 atom stereocenters. The highest BCUT2D eigenvalue weighted by Crippen LogP contribution is 2.09. The van der Waals surface area contributed by atoms with E-state index >= 15 is 0 Å². The van der Waals surface area contributed by atoms with Crippen molar-refractivity contribution in [2.75, 3.05) is 13.1 Å². The fraction of sp³-hybridized carbons (Fsp3) is 0.412. The van der Waals surface area contributed by atoms with Crippen molar-refractivity contribution in [1.82, 2.24) is 20.4 Å². The number of guanidine groups is 1. The Morgan fingerprint density at radius 2 is 2.00 bits per heavy atom. The molecule has 2 N–H and O–H groups in total. The third kappa shape index (κ3) is 5.39. The zero-order valence-corrected chi connectivity index (χ0v) is 13.9. The molecule has 2 rings (SSSR count). The minimum atomic E-state index is -0.246. The summed E-state index contributed by atoms with van der Waals surface area (Å²) < 4.78 is 14.7. The number of aromatic nitrogens is 2. The van der Waals surface area contributed by atoms with E-state index in [0.29, 0.717) is 12.6 Å². The molecule has 0 amide bonds. The third-order valence-electron chi connectivity index (χ3n) is 3.14. The lowest BCUT2D eigenvalue weighted by Crippen LogP contribution is -2.41. The molecule has 2 aromatic rings. The Labute approximate surface area is 136 Å². The van der Waals surface area contributed by atoms with Crippen molar-refractivity contribution in [3.8, 4) is 5.69 Å². The van der Waals surface area contributed by atoms with E-state index in [-0.39, 0.29) is 5.82 Å². The van der Waals surface area contributed by atoms with Crippen LogP contribution in [0.1, 0.15) is 26.5 Å². The summed E-state index contributed by atoms with van der Waals surface area (Å²) in [7, 11) is 0. The van der Waals surface area contributed by atoms with Gasteiger partial charge in [0.2, 0.25) is 0 Å². The first-order valence-corrected chi connectivity index (χ1v) is 7.94. The molecule has 5 nitrogen and oxygen atoms in total. The lowest BCUT2D eigenvalue weighted by atomic mass is 10.3. The molecule has 0 radical (unpaired) electrons. The van der Waals surface area contributed by atoms with Gasteiger partial charge in [-0.1, -0.05) is 0 Å². The average Bonchev–Trinajstić information content (AvgIpc) is 2.96. The molecule has 0 bridgehead atoms. The maximum atomic E-state index is 12.9. The summed E-state index contributed by atoms with van der Waals surface area (Å²) in [6, 6.07) is 8.58. The number of hydrogen-bond donors (Lipinski definition) is 2.